The Morgan fingerprint density at radius 1 is 1.00 bits per heavy atom. The lowest BCUT2D eigenvalue weighted by Gasteiger charge is -2.21. The Bertz CT molecular complexity index is 1070. The fourth-order valence-electron chi connectivity index (χ4n) is 4.32. The number of nitrogens with one attached hydrogen (secondary N) is 1. The number of aliphatic hydroxyl groups is 3. The molecule has 1 amide bonds. The van der Waals surface area contributed by atoms with Crippen LogP contribution in [0.4, 0.5) is 4.79 Å². The molecule has 6 nitrogen and oxygen atoms in total. The minimum Gasteiger partial charge on any atom is -0.449 e. The number of hydrogen-bond acceptors (Lipinski definition) is 5. The summed E-state index contributed by atoms with van der Waals surface area (Å²) in [4.78, 5) is 12.3. The molecule has 0 heterocycles. The number of amides is 1. The van der Waals surface area contributed by atoms with Crippen LogP contribution >= 0.6 is 0 Å². The molecule has 6 heteroatoms. The van der Waals surface area contributed by atoms with Crippen molar-refractivity contribution < 1.29 is 24.9 Å². The molecule has 166 valence electrons. The van der Waals surface area contributed by atoms with Gasteiger partial charge in [-0.1, -0.05) is 66.7 Å². The van der Waals surface area contributed by atoms with Crippen LogP contribution in [0.2, 0.25) is 0 Å². The molecule has 0 radical (unpaired) electrons. The zero-order chi connectivity index (χ0) is 22.7. The summed E-state index contributed by atoms with van der Waals surface area (Å²) in [6.07, 6.45) is -3.02. The zero-order valence-corrected chi connectivity index (χ0v) is 17.9. The molecule has 1 aliphatic rings. The van der Waals surface area contributed by atoms with E-state index in [1.807, 2.05) is 36.4 Å². The SMILES string of the molecule is Cc1cc(CO)ccc1C(O)C(O)CNC(=O)OCC1c2ccccc2-c2ccccc21. The summed E-state index contributed by atoms with van der Waals surface area (Å²) in [7, 11) is 0. The number of hydrogen-bond donors (Lipinski definition) is 4. The number of carbonyl (C=O) groups excluding carboxylic acids is 1. The van der Waals surface area contributed by atoms with Gasteiger partial charge in [0.25, 0.3) is 0 Å². The van der Waals surface area contributed by atoms with Gasteiger partial charge in [-0.3, -0.25) is 0 Å². The molecular formula is C26H27NO5. The lowest BCUT2D eigenvalue weighted by atomic mass is 9.97. The molecule has 0 spiro atoms. The summed E-state index contributed by atoms with van der Waals surface area (Å²) < 4.78 is 5.46. The van der Waals surface area contributed by atoms with Crippen molar-refractivity contribution in [1.29, 1.82) is 0 Å². The highest BCUT2D eigenvalue weighted by atomic mass is 16.5. The number of ether oxygens (including phenoxy) is 1. The first kappa shape index (κ1) is 22.0. The first-order chi connectivity index (χ1) is 15.5. The van der Waals surface area contributed by atoms with Gasteiger partial charge in [-0.25, -0.2) is 4.79 Å². The van der Waals surface area contributed by atoms with Crippen molar-refractivity contribution in [2.45, 2.75) is 31.7 Å². The van der Waals surface area contributed by atoms with Crippen molar-refractivity contribution in [1.82, 2.24) is 5.32 Å². The number of aryl methyl sites for hydroxylation is 1. The van der Waals surface area contributed by atoms with Gasteiger partial charge in [0, 0.05) is 12.5 Å². The van der Waals surface area contributed by atoms with Gasteiger partial charge in [-0.2, -0.15) is 0 Å². The van der Waals surface area contributed by atoms with Crippen molar-refractivity contribution >= 4 is 6.09 Å². The van der Waals surface area contributed by atoms with Gasteiger partial charge in [-0.05, 0) is 45.9 Å². The quantitative estimate of drug-likeness (QED) is 0.458. The Kier molecular flexibility index (Phi) is 6.55. The number of carbonyl (C=O) groups is 1. The Balaban J connectivity index is 1.34. The highest BCUT2D eigenvalue weighted by molar-refractivity contribution is 5.79. The van der Waals surface area contributed by atoms with Gasteiger partial charge in [0.15, 0.2) is 0 Å². The first-order valence-corrected chi connectivity index (χ1v) is 10.6. The average molecular weight is 434 g/mol. The molecular weight excluding hydrogens is 406 g/mol. The van der Waals surface area contributed by atoms with Crippen LogP contribution in [0.5, 0.6) is 0 Å². The predicted octanol–water partition coefficient (Wildman–Crippen LogP) is 3.42. The number of rotatable bonds is 7. The molecule has 0 fully saturated rings. The van der Waals surface area contributed by atoms with Crippen LogP contribution < -0.4 is 5.32 Å². The third kappa shape index (κ3) is 4.39. The maximum Gasteiger partial charge on any atom is 0.407 e. The second-order valence-electron chi connectivity index (χ2n) is 8.07. The number of alkyl carbamates (subject to hydrolysis) is 1. The van der Waals surface area contributed by atoms with Crippen LogP contribution in [-0.2, 0) is 11.3 Å². The fourth-order valence-corrected chi connectivity index (χ4v) is 4.32. The van der Waals surface area contributed by atoms with E-state index < -0.39 is 18.3 Å². The number of aliphatic hydroxyl groups excluding tert-OH is 3. The molecule has 1 aliphatic carbocycles. The second kappa shape index (κ2) is 9.53. The van der Waals surface area contributed by atoms with E-state index in [4.69, 9.17) is 4.74 Å². The third-order valence-corrected chi connectivity index (χ3v) is 6.00. The summed E-state index contributed by atoms with van der Waals surface area (Å²) in [5.74, 6) is -0.0450. The van der Waals surface area contributed by atoms with Crippen molar-refractivity contribution in [3.05, 3.63) is 94.5 Å². The van der Waals surface area contributed by atoms with Crippen LogP contribution in [0.25, 0.3) is 11.1 Å². The van der Waals surface area contributed by atoms with Crippen molar-refractivity contribution in [2.75, 3.05) is 13.2 Å². The average Bonchev–Trinajstić information content (AvgIpc) is 3.14. The Hall–Kier alpha value is -3.19. The van der Waals surface area contributed by atoms with E-state index in [1.54, 1.807) is 25.1 Å². The standard InChI is InChI=1S/C26H27NO5/c1-16-12-17(14-28)10-11-18(16)25(30)24(29)13-27-26(31)32-15-23-21-8-4-2-6-19(21)20-7-3-5-9-22(20)23/h2-12,23-25,28-30H,13-15H2,1H3,(H,27,31). The Labute approximate surface area is 187 Å². The molecule has 0 saturated carbocycles. The van der Waals surface area contributed by atoms with E-state index in [0.717, 1.165) is 33.4 Å². The van der Waals surface area contributed by atoms with Crippen molar-refractivity contribution in [3.8, 4) is 11.1 Å². The number of benzene rings is 3. The van der Waals surface area contributed by atoms with Gasteiger partial charge >= 0.3 is 6.09 Å². The lowest BCUT2D eigenvalue weighted by Crippen LogP contribution is -2.36. The van der Waals surface area contributed by atoms with Crippen molar-refractivity contribution in [3.63, 3.8) is 0 Å². The zero-order valence-electron chi connectivity index (χ0n) is 17.9. The van der Waals surface area contributed by atoms with Crippen LogP contribution in [0.15, 0.2) is 66.7 Å². The maximum atomic E-state index is 12.3. The summed E-state index contributed by atoms with van der Waals surface area (Å²) in [5, 5.41) is 32.6. The van der Waals surface area contributed by atoms with Crippen LogP contribution in [0.3, 0.4) is 0 Å². The van der Waals surface area contributed by atoms with E-state index in [2.05, 4.69) is 17.4 Å². The van der Waals surface area contributed by atoms with Gasteiger partial charge in [0.2, 0.25) is 0 Å². The summed E-state index contributed by atoms with van der Waals surface area (Å²) in [5.41, 5.74) is 6.58. The Morgan fingerprint density at radius 3 is 2.22 bits per heavy atom. The predicted molar refractivity (Wildman–Crippen MR) is 121 cm³/mol. The first-order valence-electron chi connectivity index (χ1n) is 10.6. The van der Waals surface area contributed by atoms with Crippen LogP contribution in [-0.4, -0.2) is 40.7 Å². The summed E-state index contributed by atoms with van der Waals surface area (Å²) >= 11 is 0. The second-order valence-corrected chi connectivity index (χ2v) is 8.07. The van der Waals surface area contributed by atoms with E-state index in [-0.39, 0.29) is 25.7 Å². The van der Waals surface area contributed by atoms with Crippen LogP contribution in [0.1, 0.15) is 39.8 Å². The molecule has 3 aromatic carbocycles. The van der Waals surface area contributed by atoms with E-state index in [1.165, 1.54) is 0 Å². The molecule has 2 unspecified atom stereocenters. The fraction of sp³-hybridized carbons (Fsp3) is 0.269. The maximum absolute atomic E-state index is 12.3. The van der Waals surface area contributed by atoms with E-state index in [9.17, 15) is 20.1 Å². The molecule has 2 atom stereocenters. The van der Waals surface area contributed by atoms with E-state index in [0.29, 0.717) is 5.56 Å². The molecule has 4 rings (SSSR count). The highest BCUT2D eigenvalue weighted by Crippen LogP contribution is 2.44. The number of fused-ring (bicyclic) bond motifs is 3. The largest absolute Gasteiger partial charge is 0.449 e. The molecule has 0 aromatic heterocycles. The minimum absolute atomic E-state index is 0.0450. The topological polar surface area (TPSA) is 99.0 Å². The smallest absolute Gasteiger partial charge is 0.407 e. The third-order valence-electron chi connectivity index (χ3n) is 6.00. The molecule has 4 N–H and O–H groups in total. The monoisotopic (exact) mass is 433 g/mol. The molecule has 0 aliphatic heterocycles. The van der Waals surface area contributed by atoms with Gasteiger partial charge in [-0.15, -0.1) is 0 Å². The normalized spacial score (nSPS) is 14.4. The molecule has 32 heavy (non-hydrogen) atoms. The summed E-state index contributed by atoms with van der Waals surface area (Å²) in [6.45, 7) is 1.73. The lowest BCUT2D eigenvalue weighted by molar-refractivity contribution is 0.0182. The minimum atomic E-state index is -1.20. The Morgan fingerprint density at radius 2 is 1.62 bits per heavy atom. The molecule has 0 saturated heterocycles. The molecule has 0 bridgehead atoms. The van der Waals surface area contributed by atoms with Crippen LogP contribution in [0, 0.1) is 6.92 Å². The van der Waals surface area contributed by atoms with Gasteiger partial charge < -0.3 is 25.4 Å². The van der Waals surface area contributed by atoms with Gasteiger partial charge in [0.05, 0.1) is 6.61 Å². The van der Waals surface area contributed by atoms with E-state index >= 15 is 0 Å². The van der Waals surface area contributed by atoms with Crippen molar-refractivity contribution in [2.24, 2.45) is 0 Å². The highest BCUT2D eigenvalue weighted by Gasteiger charge is 2.29. The molecule has 3 aromatic rings. The van der Waals surface area contributed by atoms with Gasteiger partial charge in [0.1, 0.15) is 18.8 Å². The summed E-state index contributed by atoms with van der Waals surface area (Å²) in [6, 6.07) is 21.3.